The third kappa shape index (κ3) is 3.10. The van der Waals surface area contributed by atoms with Gasteiger partial charge in [-0.1, -0.05) is 13.0 Å². The highest BCUT2D eigenvalue weighted by atomic mass is 16.4. The van der Waals surface area contributed by atoms with Gasteiger partial charge in [0.2, 0.25) is 5.91 Å². The first-order valence-electron chi connectivity index (χ1n) is 6.39. The molecule has 0 spiro atoms. The molecule has 2 atom stereocenters. The Morgan fingerprint density at radius 1 is 1.42 bits per heavy atom. The zero-order valence-electron chi connectivity index (χ0n) is 11.2. The normalized spacial score (nSPS) is 22.5. The number of carboxylic acids is 1. The number of hydrogen-bond donors (Lipinski definition) is 1. The Morgan fingerprint density at radius 2 is 2.16 bits per heavy atom. The van der Waals surface area contributed by atoms with Crippen LogP contribution in [0.3, 0.4) is 0 Å². The topological polar surface area (TPSA) is 70.5 Å². The zero-order valence-corrected chi connectivity index (χ0v) is 11.2. The third-order valence-corrected chi connectivity index (χ3v) is 3.61. The fourth-order valence-corrected chi connectivity index (χ4v) is 2.38. The van der Waals surface area contributed by atoms with Crippen LogP contribution >= 0.6 is 0 Å². The van der Waals surface area contributed by atoms with E-state index in [1.807, 2.05) is 26.0 Å². The summed E-state index contributed by atoms with van der Waals surface area (Å²) < 4.78 is 0. The maximum atomic E-state index is 12.1. The van der Waals surface area contributed by atoms with Crippen molar-refractivity contribution < 1.29 is 14.7 Å². The Morgan fingerprint density at radius 3 is 2.68 bits per heavy atom. The standard InChI is InChI=1S/C14H18N2O3/c1-9-7-16(8-12(9)14(18)19)13(17)5-11-4-3-10(2)15-6-11/h3-4,6,9,12H,5,7-8H2,1-2H3,(H,18,19)/t9-,12-/m1/s1. The Labute approximate surface area is 112 Å². The van der Waals surface area contributed by atoms with Gasteiger partial charge in [-0.2, -0.15) is 0 Å². The van der Waals surface area contributed by atoms with Gasteiger partial charge in [0.1, 0.15) is 0 Å². The Balaban J connectivity index is 1.98. The number of rotatable bonds is 3. The molecule has 19 heavy (non-hydrogen) atoms. The molecule has 1 aliphatic heterocycles. The smallest absolute Gasteiger partial charge is 0.308 e. The second-order valence-corrected chi connectivity index (χ2v) is 5.21. The third-order valence-electron chi connectivity index (χ3n) is 3.61. The van der Waals surface area contributed by atoms with Gasteiger partial charge < -0.3 is 10.0 Å². The lowest BCUT2D eigenvalue weighted by molar-refractivity contribution is -0.142. The van der Waals surface area contributed by atoms with E-state index in [1.165, 1.54) is 0 Å². The molecule has 2 heterocycles. The van der Waals surface area contributed by atoms with E-state index in [4.69, 9.17) is 5.11 Å². The lowest BCUT2D eigenvalue weighted by Crippen LogP contribution is -2.31. The van der Waals surface area contributed by atoms with Gasteiger partial charge in [0.05, 0.1) is 12.3 Å². The maximum Gasteiger partial charge on any atom is 0.308 e. The van der Waals surface area contributed by atoms with Crippen LogP contribution in [-0.2, 0) is 16.0 Å². The van der Waals surface area contributed by atoms with Crippen molar-refractivity contribution in [2.45, 2.75) is 20.3 Å². The molecule has 0 unspecified atom stereocenters. The van der Waals surface area contributed by atoms with Crippen LogP contribution in [0.15, 0.2) is 18.3 Å². The van der Waals surface area contributed by atoms with Gasteiger partial charge in [0.25, 0.3) is 0 Å². The van der Waals surface area contributed by atoms with Crippen LogP contribution < -0.4 is 0 Å². The van der Waals surface area contributed by atoms with Gasteiger partial charge in [-0.25, -0.2) is 0 Å². The number of nitrogens with zero attached hydrogens (tertiary/aromatic N) is 2. The highest BCUT2D eigenvalue weighted by Crippen LogP contribution is 2.23. The number of carboxylic acid groups (broad SMARTS) is 1. The SMILES string of the molecule is Cc1ccc(CC(=O)N2C[C@@H](C)[C@H](C(=O)O)C2)cn1. The molecular weight excluding hydrogens is 244 g/mol. The van der Waals surface area contributed by atoms with Crippen LogP contribution in [0.4, 0.5) is 0 Å². The molecule has 1 amide bonds. The second-order valence-electron chi connectivity index (χ2n) is 5.21. The Hall–Kier alpha value is -1.91. The molecule has 5 nitrogen and oxygen atoms in total. The van der Waals surface area contributed by atoms with E-state index in [0.717, 1.165) is 11.3 Å². The van der Waals surface area contributed by atoms with Crippen LogP contribution in [0.1, 0.15) is 18.2 Å². The molecule has 5 heteroatoms. The predicted octanol–water partition coefficient (Wildman–Crippen LogP) is 1.11. The number of carbonyl (C=O) groups excluding carboxylic acids is 1. The van der Waals surface area contributed by atoms with Crippen LogP contribution in [0.25, 0.3) is 0 Å². The van der Waals surface area contributed by atoms with Crippen molar-refractivity contribution in [3.63, 3.8) is 0 Å². The van der Waals surface area contributed by atoms with Crippen molar-refractivity contribution in [2.24, 2.45) is 11.8 Å². The number of hydrogen-bond acceptors (Lipinski definition) is 3. The largest absolute Gasteiger partial charge is 0.481 e. The summed E-state index contributed by atoms with van der Waals surface area (Å²) in [6, 6.07) is 3.75. The molecule has 1 aliphatic rings. The van der Waals surface area contributed by atoms with Gasteiger partial charge in [0.15, 0.2) is 0 Å². The Bertz CT molecular complexity index is 484. The van der Waals surface area contributed by atoms with E-state index in [9.17, 15) is 9.59 Å². The van der Waals surface area contributed by atoms with E-state index in [0.29, 0.717) is 13.1 Å². The number of aliphatic carboxylic acids is 1. The van der Waals surface area contributed by atoms with E-state index in [-0.39, 0.29) is 18.2 Å². The van der Waals surface area contributed by atoms with Gasteiger partial charge in [-0.3, -0.25) is 14.6 Å². The van der Waals surface area contributed by atoms with Gasteiger partial charge in [-0.15, -0.1) is 0 Å². The van der Waals surface area contributed by atoms with Crippen LogP contribution in [0.2, 0.25) is 0 Å². The molecule has 0 saturated carbocycles. The predicted molar refractivity (Wildman–Crippen MR) is 69.5 cm³/mol. The lowest BCUT2D eigenvalue weighted by Gasteiger charge is -2.15. The molecule has 102 valence electrons. The van der Waals surface area contributed by atoms with E-state index < -0.39 is 11.9 Å². The molecule has 1 aromatic heterocycles. The minimum Gasteiger partial charge on any atom is -0.481 e. The summed E-state index contributed by atoms with van der Waals surface area (Å²) in [4.78, 5) is 28.9. The highest BCUT2D eigenvalue weighted by Gasteiger charge is 2.36. The van der Waals surface area contributed by atoms with Gasteiger partial charge >= 0.3 is 5.97 Å². The van der Waals surface area contributed by atoms with Crippen molar-refractivity contribution >= 4 is 11.9 Å². The first-order valence-corrected chi connectivity index (χ1v) is 6.39. The van der Waals surface area contributed by atoms with E-state index in [1.54, 1.807) is 11.1 Å². The number of carbonyl (C=O) groups is 2. The minimum absolute atomic E-state index is 0.0117. The first kappa shape index (κ1) is 13.5. The van der Waals surface area contributed by atoms with Crippen LogP contribution in [0.5, 0.6) is 0 Å². The molecule has 1 saturated heterocycles. The summed E-state index contributed by atoms with van der Waals surface area (Å²) in [6.07, 6.45) is 1.98. The molecule has 0 aromatic carbocycles. The summed E-state index contributed by atoms with van der Waals surface area (Å²) >= 11 is 0. The zero-order chi connectivity index (χ0) is 14.0. The molecule has 0 bridgehead atoms. The monoisotopic (exact) mass is 262 g/mol. The number of amides is 1. The lowest BCUT2D eigenvalue weighted by atomic mass is 9.99. The fourth-order valence-electron chi connectivity index (χ4n) is 2.38. The number of aryl methyl sites for hydroxylation is 1. The number of pyridine rings is 1. The summed E-state index contributed by atoms with van der Waals surface area (Å²) in [5.41, 5.74) is 1.78. The fraction of sp³-hybridized carbons (Fsp3) is 0.500. The summed E-state index contributed by atoms with van der Waals surface area (Å²) in [6.45, 7) is 4.61. The van der Waals surface area contributed by atoms with Crippen molar-refractivity contribution in [3.8, 4) is 0 Å². The molecule has 0 radical (unpaired) electrons. The average molecular weight is 262 g/mol. The second kappa shape index (κ2) is 5.38. The summed E-state index contributed by atoms with van der Waals surface area (Å²) in [5.74, 6) is -1.28. The quantitative estimate of drug-likeness (QED) is 0.886. The van der Waals surface area contributed by atoms with Crippen LogP contribution in [0, 0.1) is 18.8 Å². The van der Waals surface area contributed by atoms with Crippen molar-refractivity contribution in [3.05, 3.63) is 29.6 Å². The number of aromatic nitrogens is 1. The Kier molecular flexibility index (Phi) is 3.83. The average Bonchev–Trinajstić information content (AvgIpc) is 2.74. The molecule has 1 aromatic rings. The van der Waals surface area contributed by atoms with Crippen molar-refractivity contribution in [2.75, 3.05) is 13.1 Å². The highest BCUT2D eigenvalue weighted by molar-refractivity contribution is 5.80. The van der Waals surface area contributed by atoms with Crippen molar-refractivity contribution in [1.29, 1.82) is 0 Å². The van der Waals surface area contributed by atoms with E-state index >= 15 is 0 Å². The summed E-state index contributed by atoms with van der Waals surface area (Å²) in [5, 5.41) is 9.06. The molecular formula is C14H18N2O3. The molecule has 0 aliphatic carbocycles. The minimum atomic E-state index is -0.820. The molecule has 1 N–H and O–H groups in total. The van der Waals surface area contributed by atoms with Gasteiger partial charge in [0, 0.05) is 25.0 Å². The maximum absolute atomic E-state index is 12.1. The summed E-state index contributed by atoms with van der Waals surface area (Å²) in [7, 11) is 0. The first-order chi connectivity index (χ1) is 8.97. The van der Waals surface area contributed by atoms with Gasteiger partial charge in [-0.05, 0) is 24.5 Å². The van der Waals surface area contributed by atoms with Crippen molar-refractivity contribution in [1.82, 2.24) is 9.88 Å². The van der Waals surface area contributed by atoms with Crippen LogP contribution in [-0.4, -0.2) is 40.0 Å². The van der Waals surface area contributed by atoms with E-state index in [2.05, 4.69) is 4.98 Å². The number of likely N-dealkylation sites (tertiary alicyclic amines) is 1. The molecule has 2 rings (SSSR count). The molecule has 1 fully saturated rings.